The van der Waals surface area contributed by atoms with Gasteiger partial charge in [-0.25, -0.2) is 4.79 Å². The summed E-state index contributed by atoms with van der Waals surface area (Å²) in [7, 11) is 3.91. The number of carbonyl (C=O) groups excluding carboxylic acids is 1. The van der Waals surface area contributed by atoms with Crippen molar-refractivity contribution in [3.05, 3.63) is 42.0 Å². The van der Waals surface area contributed by atoms with Gasteiger partial charge in [0.15, 0.2) is 0 Å². The van der Waals surface area contributed by atoms with Crippen molar-refractivity contribution in [2.45, 2.75) is 6.92 Å². The summed E-state index contributed by atoms with van der Waals surface area (Å²) in [5, 5.41) is 0. The molecule has 0 amide bonds. The molecule has 0 aliphatic heterocycles. The van der Waals surface area contributed by atoms with Gasteiger partial charge < -0.3 is 9.64 Å². The Hall–Kier alpha value is -1.77. The highest BCUT2D eigenvalue weighted by atomic mass is 16.5. The van der Waals surface area contributed by atoms with Crippen LogP contribution in [-0.4, -0.2) is 26.7 Å². The molecule has 3 heteroatoms. The number of benzene rings is 1. The van der Waals surface area contributed by atoms with Gasteiger partial charge in [0.2, 0.25) is 0 Å². The largest absolute Gasteiger partial charge is 0.458 e. The van der Waals surface area contributed by atoms with E-state index in [1.165, 1.54) is 0 Å². The summed E-state index contributed by atoms with van der Waals surface area (Å²) in [6.07, 6.45) is 0. The molecule has 1 rings (SSSR count). The van der Waals surface area contributed by atoms with Gasteiger partial charge in [0, 0.05) is 19.8 Å². The number of esters is 1. The van der Waals surface area contributed by atoms with E-state index in [2.05, 4.69) is 6.58 Å². The number of carbonyl (C=O) groups is 1. The van der Waals surface area contributed by atoms with Crippen molar-refractivity contribution in [3.63, 3.8) is 0 Å². The molecule has 0 aliphatic rings. The number of ether oxygens (including phenoxy) is 1. The highest BCUT2D eigenvalue weighted by molar-refractivity contribution is 5.89. The number of rotatable bonds is 4. The molecular formula is C13H17NO2. The Labute approximate surface area is 96.3 Å². The lowest BCUT2D eigenvalue weighted by atomic mass is 10.2. The smallest absolute Gasteiger partial charge is 0.338 e. The third kappa shape index (κ3) is 3.42. The average Bonchev–Trinajstić information content (AvgIpc) is 2.26. The van der Waals surface area contributed by atoms with E-state index in [1.54, 1.807) is 12.1 Å². The normalized spacial score (nSPS) is 9.69. The summed E-state index contributed by atoms with van der Waals surface area (Å²) in [5.74, 6) is -0.312. The second-order valence-electron chi connectivity index (χ2n) is 3.97. The maximum atomic E-state index is 11.6. The van der Waals surface area contributed by atoms with Crippen molar-refractivity contribution < 1.29 is 9.53 Å². The van der Waals surface area contributed by atoms with Gasteiger partial charge in [-0.15, -0.1) is 0 Å². The van der Waals surface area contributed by atoms with Crippen LogP contribution in [0.5, 0.6) is 0 Å². The molecule has 0 heterocycles. The Kier molecular flexibility index (Phi) is 4.11. The molecule has 1 aromatic carbocycles. The van der Waals surface area contributed by atoms with E-state index in [4.69, 9.17) is 4.74 Å². The van der Waals surface area contributed by atoms with Crippen molar-refractivity contribution in [1.82, 2.24) is 0 Å². The van der Waals surface area contributed by atoms with Crippen LogP contribution < -0.4 is 4.90 Å². The molecule has 0 bridgehead atoms. The van der Waals surface area contributed by atoms with E-state index in [0.29, 0.717) is 5.56 Å². The third-order valence-electron chi connectivity index (χ3n) is 2.07. The first-order valence-corrected chi connectivity index (χ1v) is 5.09. The fraction of sp³-hybridized carbons (Fsp3) is 0.308. The van der Waals surface area contributed by atoms with Gasteiger partial charge in [-0.3, -0.25) is 0 Å². The summed E-state index contributed by atoms with van der Waals surface area (Å²) >= 11 is 0. The molecule has 1 aromatic rings. The fourth-order valence-corrected chi connectivity index (χ4v) is 1.17. The molecular weight excluding hydrogens is 202 g/mol. The van der Waals surface area contributed by atoms with Crippen molar-refractivity contribution in [3.8, 4) is 0 Å². The monoisotopic (exact) mass is 219 g/mol. The number of nitrogens with zero attached hydrogens (tertiary/aromatic N) is 1. The Morgan fingerprint density at radius 3 is 2.31 bits per heavy atom. The quantitative estimate of drug-likeness (QED) is 0.575. The molecule has 0 radical (unpaired) electrons. The van der Waals surface area contributed by atoms with Crippen LogP contribution in [0.2, 0.25) is 0 Å². The standard InChI is InChI=1S/C13H17NO2/c1-10(2)9-16-13(15)11-5-7-12(8-6-11)14(3)4/h5-8H,1,9H2,2-4H3. The van der Waals surface area contributed by atoms with E-state index in [0.717, 1.165) is 11.3 Å². The van der Waals surface area contributed by atoms with Crippen LogP contribution in [-0.2, 0) is 4.74 Å². The number of anilines is 1. The van der Waals surface area contributed by atoms with Crippen LogP contribution in [0.4, 0.5) is 5.69 Å². The Bertz CT molecular complexity index is 379. The van der Waals surface area contributed by atoms with Gasteiger partial charge in [-0.05, 0) is 36.8 Å². The summed E-state index contributed by atoms with van der Waals surface area (Å²) in [6.45, 7) is 5.77. The van der Waals surface area contributed by atoms with Crippen molar-refractivity contribution in [2.75, 3.05) is 25.6 Å². The Morgan fingerprint density at radius 1 is 1.31 bits per heavy atom. The van der Waals surface area contributed by atoms with E-state index < -0.39 is 0 Å². The molecule has 0 saturated heterocycles. The summed E-state index contributed by atoms with van der Waals surface area (Å²) < 4.78 is 5.04. The zero-order chi connectivity index (χ0) is 12.1. The molecule has 0 fully saturated rings. The van der Waals surface area contributed by atoms with Gasteiger partial charge in [-0.2, -0.15) is 0 Å². The minimum atomic E-state index is -0.312. The first-order valence-electron chi connectivity index (χ1n) is 5.09. The molecule has 0 atom stereocenters. The third-order valence-corrected chi connectivity index (χ3v) is 2.07. The molecule has 0 aromatic heterocycles. The first-order chi connectivity index (χ1) is 7.50. The zero-order valence-electron chi connectivity index (χ0n) is 9.99. The van der Waals surface area contributed by atoms with Gasteiger partial charge in [0.25, 0.3) is 0 Å². The maximum Gasteiger partial charge on any atom is 0.338 e. The van der Waals surface area contributed by atoms with E-state index >= 15 is 0 Å². The summed E-state index contributed by atoms with van der Waals surface area (Å²) in [5.41, 5.74) is 2.45. The predicted molar refractivity (Wildman–Crippen MR) is 65.9 cm³/mol. The van der Waals surface area contributed by atoms with E-state index in [9.17, 15) is 4.79 Å². The number of hydrogen-bond donors (Lipinski definition) is 0. The van der Waals surface area contributed by atoms with Gasteiger partial charge in [0.1, 0.15) is 6.61 Å². The van der Waals surface area contributed by atoms with Gasteiger partial charge >= 0.3 is 5.97 Å². The second kappa shape index (κ2) is 5.35. The molecule has 16 heavy (non-hydrogen) atoms. The van der Waals surface area contributed by atoms with Crippen LogP contribution in [0.15, 0.2) is 36.4 Å². The zero-order valence-corrected chi connectivity index (χ0v) is 9.99. The molecule has 0 spiro atoms. The second-order valence-corrected chi connectivity index (χ2v) is 3.97. The van der Waals surface area contributed by atoms with Crippen LogP contribution >= 0.6 is 0 Å². The average molecular weight is 219 g/mol. The summed E-state index contributed by atoms with van der Waals surface area (Å²) in [6, 6.07) is 7.29. The topological polar surface area (TPSA) is 29.5 Å². The molecule has 0 N–H and O–H groups in total. The van der Waals surface area contributed by atoms with Gasteiger partial charge in [0.05, 0.1) is 5.56 Å². The lowest BCUT2D eigenvalue weighted by Gasteiger charge is -2.12. The minimum absolute atomic E-state index is 0.272. The number of hydrogen-bond acceptors (Lipinski definition) is 3. The van der Waals surface area contributed by atoms with E-state index in [1.807, 2.05) is 38.1 Å². The minimum Gasteiger partial charge on any atom is -0.458 e. The van der Waals surface area contributed by atoms with Crippen LogP contribution in [0.25, 0.3) is 0 Å². The van der Waals surface area contributed by atoms with Crippen LogP contribution in [0.3, 0.4) is 0 Å². The van der Waals surface area contributed by atoms with Crippen molar-refractivity contribution in [1.29, 1.82) is 0 Å². The van der Waals surface area contributed by atoms with E-state index in [-0.39, 0.29) is 12.6 Å². The molecule has 0 unspecified atom stereocenters. The predicted octanol–water partition coefficient (Wildman–Crippen LogP) is 2.49. The van der Waals surface area contributed by atoms with Crippen molar-refractivity contribution in [2.24, 2.45) is 0 Å². The fourth-order valence-electron chi connectivity index (χ4n) is 1.17. The Balaban J connectivity index is 2.66. The first kappa shape index (κ1) is 12.3. The Morgan fingerprint density at radius 2 is 1.88 bits per heavy atom. The SMILES string of the molecule is C=C(C)COC(=O)c1ccc(N(C)C)cc1. The lowest BCUT2D eigenvalue weighted by molar-refractivity contribution is 0.0540. The van der Waals surface area contributed by atoms with Crippen LogP contribution in [0, 0.1) is 0 Å². The highest BCUT2D eigenvalue weighted by Gasteiger charge is 2.06. The molecule has 3 nitrogen and oxygen atoms in total. The maximum absolute atomic E-state index is 11.6. The molecule has 0 saturated carbocycles. The van der Waals surface area contributed by atoms with Crippen molar-refractivity contribution >= 4 is 11.7 Å². The summed E-state index contributed by atoms with van der Waals surface area (Å²) in [4.78, 5) is 13.5. The molecule has 0 aliphatic carbocycles. The lowest BCUT2D eigenvalue weighted by Crippen LogP contribution is -2.10. The highest BCUT2D eigenvalue weighted by Crippen LogP contribution is 2.13. The van der Waals surface area contributed by atoms with Crippen LogP contribution in [0.1, 0.15) is 17.3 Å². The molecule has 86 valence electrons. The van der Waals surface area contributed by atoms with Gasteiger partial charge in [-0.1, -0.05) is 6.58 Å².